The van der Waals surface area contributed by atoms with Crippen LogP contribution in [0.4, 0.5) is 0 Å². The van der Waals surface area contributed by atoms with Gasteiger partial charge in [0, 0.05) is 6.42 Å². The van der Waals surface area contributed by atoms with Crippen molar-refractivity contribution in [3.8, 4) is 0 Å². The number of halogens is 1. The van der Waals surface area contributed by atoms with Gasteiger partial charge in [-0.3, -0.25) is 4.79 Å². The highest BCUT2D eigenvalue weighted by Gasteiger charge is 2.25. The van der Waals surface area contributed by atoms with Crippen molar-refractivity contribution in [2.45, 2.75) is 54.9 Å². The zero-order chi connectivity index (χ0) is 16.5. The van der Waals surface area contributed by atoms with Gasteiger partial charge in [-0.05, 0) is 51.3 Å². The second-order valence-electron chi connectivity index (χ2n) is 5.53. The van der Waals surface area contributed by atoms with Crippen LogP contribution in [0, 0.1) is 13.8 Å². The third-order valence-corrected chi connectivity index (χ3v) is 4.54. The van der Waals surface area contributed by atoms with E-state index in [9.17, 15) is 4.79 Å². The molecule has 0 atom stereocenters. The van der Waals surface area contributed by atoms with Crippen LogP contribution in [-0.4, -0.2) is 36.4 Å². The predicted molar refractivity (Wildman–Crippen MR) is 92.7 cm³/mol. The minimum atomic E-state index is 0. The summed E-state index contributed by atoms with van der Waals surface area (Å²) in [4.78, 5) is 12.4. The van der Waals surface area contributed by atoms with E-state index in [2.05, 4.69) is 52.8 Å². The minimum Gasteiger partial charge on any atom is -1.00 e. The number of benzene rings is 1. The van der Waals surface area contributed by atoms with Crippen LogP contribution in [0.1, 0.15) is 51.3 Å². The first kappa shape index (κ1) is 23.6. The third-order valence-electron chi connectivity index (χ3n) is 4.54. The van der Waals surface area contributed by atoms with Crippen molar-refractivity contribution in [1.82, 2.24) is 0 Å². The normalized spacial score (nSPS) is 10.3. The Morgan fingerprint density at radius 1 is 0.955 bits per heavy atom. The van der Waals surface area contributed by atoms with Crippen LogP contribution in [0.15, 0.2) is 18.2 Å². The summed E-state index contributed by atoms with van der Waals surface area (Å²) in [5, 5.41) is 0. The van der Waals surface area contributed by atoms with E-state index in [4.69, 9.17) is 0 Å². The largest absolute Gasteiger partial charge is 1.00 e. The first-order valence-corrected chi connectivity index (χ1v) is 8.40. The molecule has 0 heterocycles. The van der Waals surface area contributed by atoms with Crippen molar-refractivity contribution >= 4 is 5.78 Å². The molecule has 0 aliphatic carbocycles. The van der Waals surface area contributed by atoms with Gasteiger partial charge in [0.1, 0.15) is 6.54 Å². The van der Waals surface area contributed by atoms with E-state index >= 15 is 0 Å². The number of likely N-dealkylation sites (N-methyl/N-ethyl adjacent to an activating group) is 1. The van der Waals surface area contributed by atoms with E-state index in [1.165, 1.54) is 16.7 Å². The maximum absolute atomic E-state index is 12.4. The molecule has 1 aromatic carbocycles. The average Bonchev–Trinajstić information content (AvgIpc) is 2.51. The molecule has 0 aliphatic heterocycles. The van der Waals surface area contributed by atoms with Gasteiger partial charge in [-0.15, -0.1) is 0 Å². The van der Waals surface area contributed by atoms with Gasteiger partial charge in [-0.2, -0.15) is 0 Å². The van der Waals surface area contributed by atoms with Gasteiger partial charge in [0.25, 0.3) is 0 Å². The summed E-state index contributed by atoms with van der Waals surface area (Å²) in [6.45, 7) is 18.5. The molecule has 0 spiro atoms. The highest BCUT2D eigenvalue weighted by Crippen LogP contribution is 2.15. The van der Waals surface area contributed by atoms with Crippen molar-refractivity contribution in [2.24, 2.45) is 0 Å². The Morgan fingerprint density at radius 2 is 1.36 bits per heavy atom. The van der Waals surface area contributed by atoms with Gasteiger partial charge in [0.2, 0.25) is 0 Å². The molecule has 0 amide bonds. The molecule has 0 fully saturated rings. The zero-order valence-corrected chi connectivity index (χ0v) is 17.1. The average molecular weight is 372 g/mol. The van der Waals surface area contributed by atoms with E-state index in [1.54, 1.807) is 0 Å². The number of carbonyl (C=O) groups excluding carboxylic acids is 1. The van der Waals surface area contributed by atoms with Gasteiger partial charge in [0.05, 0.1) is 19.6 Å². The summed E-state index contributed by atoms with van der Waals surface area (Å²) >= 11 is 0. The molecular weight excluding hydrogens is 338 g/mol. The molecule has 0 saturated heterocycles. The fourth-order valence-electron chi connectivity index (χ4n) is 2.76. The highest BCUT2D eigenvalue weighted by atomic mass is 79.9. The summed E-state index contributed by atoms with van der Waals surface area (Å²) in [6, 6.07) is 6.25. The van der Waals surface area contributed by atoms with Gasteiger partial charge in [-0.1, -0.05) is 32.0 Å². The number of carbonyl (C=O) groups is 1. The summed E-state index contributed by atoms with van der Waals surface area (Å²) in [5.41, 5.74) is 3.68. The minimum absolute atomic E-state index is 0. The number of quaternary nitrogens is 1. The quantitative estimate of drug-likeness (QED) is 0.660. The van der Waals surface area contributed by atoms with Crippen molar-refractivity contribution in [3.05, 3.63) is 34.9 Å². The van der Waals surface area contributed by atoms with E-state index in [1.807, 2.05) is 13.8 Å². The van der Waals surface area contributed by atoms with Crippen molar-refractivity contribution in [3.63, 3.8) is 0 Å². The Kier molecular flexibility index (Phi) is 12.7. The lowest BCUT2D eigenvalue weighted by atomic mass is 9.98. The summed E-state index contributed by atoms with van der Waals surface area (Å²) in [7, 11) is 0. The van der Waals surface area contributed by atoms with Crippen molar-refractivity contribution in [2.75, 3.05) is 26.2 Å². The molecule has 3 heteroatoms. The standard InChI is InChI=1S/C17H28NO.C2H6.BrH/c1-6-18(7-2,8-3)13-16(19)12-17-14(4)10-9-11-15(17)5;1-2;/h9-11H,6-8,12-13H2,1-5H3;1-2H3;1H/q+1;;/p-1. The molecule has 128 valence electrons. The van der Waals surface area contributed by atoms with Crippen LogP contribution >= 0.6 is 0 Å². The van der Waals surface area contributed by atoms with Crippen LogP contribution in [0.2, 0.25) is 0 Å². The van der Waals surface area contributed by atoms with Crippen molar-refractivity contribution < 1.29 is 26.3 Å². The molecule has 0 unspecified atom stereocenters. The lowest BCUT2D eigenvalue weighted by Gasteiger charge is -2.35. The predicted octanol–water partition coefficient (Wildman–Crippen LogP) is 1.32. The van der Waals surface area contributed by atoms with E-state index < -0.39 is 0 Å². The smallest absolute Gasteiger partial charge is 0.191 e. The van der Waals surface area contributed by atoms with Gasteiger partial charge in [0.15, 0.2) is 5.78 Å². The molecule has 0 N–H and O–H groups in total. The maximum atomic E-state index is 12.4. The van der Waals surface area contributed by atoms with Crippen LogP contribution in [0.3, 0.4) is 0 Å². The number of Topliss-reactive ketones (excluding diaryl/α,β-unsaturated/α-hetero) is 1. The van der Waals surface area contributed by atoms with Crippen LogP contribution in [0.25, 0.3) is 0 Å². The van der Waals surface area contributed by atoms with E-state index in [0.717, 1.165) is 24.1 Å². The number of hydrogen-bond acceptors (Lipinski definition) is 1. The lowest BCUT2D eigenvalue weighted by Crippen LogP contribution is -3.00. The Bertz CT molecular complexity index is 411. The van der Waals surface area contributed by atoms with Crippen molar-refractivity contribution in [1.29, 1.82) is 0 Å². The monoisotopic (exact) mass is 371 g/mol. The number of nitrogens with zero attached hydrogens (tertiary/aromatic N) is 1. The third kappa shape index (κ3) is 6.62. The highest BCUT2D eigenvalue weighted by molar-refractivity contribution is 5.82. The fourth-order valence-corrected chi connectivity index (χ4v) is 2.76. The zero-order valence-electron chi connectivity index (χ0n) is 15.5. The van der Waals surface area contributed by atoms with Gasteiger partial charge in [-0.25, -0.2) is 0 Å². The number of rotatable bonds is 7. The Balaban J connectivity index is 0. The molecule has 1 aromatic rings. The molecule has 0 radical (unpaired) electrons. The Labute approximate surface area is 148 Å². The number of ketones is 1. The summed E-state index contributed by atoms with van der Waals surface area (Å²) in [5.74, 6) is 0.364. The topological polar surface area (TPSA) is 17.1 Å². The van der Waals surface area contributed by atoms with Crippen LogP contribution in [-0.2, 0) is 11.2 Å². The number of hydrogen-bond donors (Lipinski definition) is 0. The summed E-state index contributed by atoms with van der Waals surface area (Å²) in [6.07, 6.45) is 0.582. The Hall–Kier alpha value is -0.670. The summed E-state index contributed by atoms with van der Waals surface area (Å²) < 4.78 is 0.907. The molecule has 0 aliphatic rings. The first-order valence-electron chi connectivity index (χ1n) is 8.40. The molecular formula is C19H34BrNO. The first-order chi connectivity index (χ1) is 9.98. The molecule has 1 rings (SSSR count). The molecule has 0 saturated carbocycles. The second kappa shape index (κ2) is 11.8. The molecule has 0 bridgehead atoms. The maximum Gasteiger partial charge on any atom is 0.191 e. The van der Waals surface area contributed by atoms with Crippen LogP contribution < -0.4 is 17.0 Å². The van der Waals surface area contributed by atoms with Gasteiger partial charge < -0.3 is 21.5 Å². The second-order valence-corrected chi connectivity index (χ2v) is 5.53. The van der Waals surface area contributed by atoms with Gasteiger partial charge >= 0.3 is 0 Å². The fraction of sp³-hybridized carbons (Fsp3) is 0.632. The molecule has 22 heavy (non-hydrogen) atoms. The molecule has 0 aromatic heterocycles. The van der Waals surface area contributed by atoms with Crippen LogP contribution in [0.5, 0.6) is 0 Å². The number of aryl methyl sites for hydroxylation is 2. The molecule has 2 nitrogen and oxygen atoms in total. The lowest BCUT2D eigenvalue weighted by molar-refractivity contribution is -0.915. The SMILES string of the molecule is CC.CC[N+](CC)(CC)CC(=O)Cc1c(C)cccc1C.[Br-]. The van der Waals surface area contributed by atoms with E-state index in [0.29, 0.717) is 18.7 Å². The Morgan fingerprint density at radius 3 is 1.73 bits per heavy atom. The van der Waals surface area contributed by atoms with E-state index in [-0.39, 0.29) is 17.0 Å².